The number of carbonyl (C=O) groups excluding carboxylic acids is 1. The van der Waals surface area contributed by atoms with E-state index in [4.69, 9.17) is 18.9 Å². The number of rotatable bonds is 12. The zero-order chi connectivity index (χ0) is 25.6. The summed E-state index contributed by atoms with van der Waals surface area (Å²) in [4.78, 5) is 14.0. The van der Waals surface area contributed by atoms with Gasteiger partial charge >= 0.3 is 6.09 Å². The van der Waals surface area contributed by atoms with E-state index in [0.29, 0.717) is 38.3 Å². The summed E-state index contributed by atoms with van der Waals surface area (Å²) in [5.41, 5.74) is 2.48. The third kappa shape index (κ3) is 7.40. The molecule has 2 aromatic carbocycles. The van der Waals surface area contributed by atoms with Crippen molar-refractivity contribution in [2.24, 2.45) is 0 Å². The lowest BCUT2D eigenvalue weighted by molar-refractivity contribution is -0.180. The molecule has 2 aliphatic heterocycles. The molecule has 196 valence electrons. The van der Waals surface area contributed by atoms with Crippen LogP contribution in [0.1, 0.15) is 62.3 Å². The molecule has 1 amide bonds. The molecule has 1 fully saturated rings. The minimum absolute atomic E-state index is 0.307. The normalized spacial score (nSPS) is 19.1. The summed E-state index contributed by atoms with van der Waals surface area (Å²) >= 11 is 0. The van der Waals surface area contributed by atoms with Crippen LogP contribution in [0.4, 0.5) is 13.6 Å². The molecule has 8 heteroatoms. The van der Waals surface area contributed by atoms with E-state index in [-0.39, 0.29) is 18.6 Å². The maximum Gasteiger partial charge on any atom is 0.410 e. The molecule has 0 spiro atoms. The van der Waals surface area contributed by atoms with Crippen LogP contribution in [0.3, 0.4) is 0 Å². The van der Waals surface area contributed by atoms with E-state index in [0.717, 1.165) is 36.1 Å². The quantitative estimate of drug-likeness (QED) is 0.319. The third-order valence-electron chi connectivity index (χ3n) is 6.36. The average molecular weight is 504 g/mol. The highest BCUT2D eigenvalue weighted by molar-refractivity contribution is 5.70. The first-order valence-electron chi connectivity index (χ1n) is 12.6. The number of fused-ring (bicyclic) bond motifs is 1. The van der Waals surface area contributed by atoms with Gasteiger partial charge in [0.2, 0.25) is 5.79 Å². The molecule has 2 aromatic rings. The van der Waals surface area contributed by atoms with E-state index in [1.807, 2.05) is 38.1 Å². The Morgan fingerprint density at radius 2 is 1.86 bits per heavy atom. The van der Waals surface area contributed by atoms with Crippen molar-refractivity contribution in [3.8, 4) is 5.75 Å². The molecule has 1 saturated heterocycles. The van der Waals surface area contributed by atoms with Gasteiger partial charge < -0.3 is 23.8 Å². The number of halogens is 2. The number of hydrogen-bond donors (Lipinski definition) is 0. The number of hydrogen-bond acceptors (Lipinski definition) is 5. The van der Waals surface area contributed by atoms with Crippen molar-refractivity contribution < 1.29 is 32.5 Å². The van der Waals surface area contributed by atoms with Crippen LogP contribution in [-0.2, 0) is 27.2 Å². The van der Waals surface area contributed by atoms with Gasteiger partial charge in [0.05, 0.1) is 13.2 Å². The van der Waals surface area contributed by atoms with E-state index in [2.05, 4.69) is 0 Å². The molecule has 0 saturated carbocycles. The molecule has 0 radical (unpaired) electrons. The molecule has 36 heavy (non-hydrogen) atoms. The van der Waals surface area contributed by atoms with Gasteiger partial charge in [-0.1, -0.05) is 49.2 Å². The molecule has 2 aliphatic rings. The van der Waals surface area contributed by atoms with Gasteiger partial charge in [0.15, 0.2) is 0 Å². The molecule has 0 bridgehead atoms. The summed E-state index contributed by atoms with van der Waals surface area (Å²) in [6.45, 7) is 5.05. The van der Waals surface area contributed by atoms with Crippen LogP contribution >= 0.6 is 0 Å². The number of benzene rings is 2. The first-order valence-corrected chi connectivity index (χ1v) is 12.6. The molecular weight excluding hydrogens is 468 g/mol. The van der Waals surface area contributed by atoms with E-state index < -0.39 is 18.3 Å². The van der Waals surface area contributed by atoms with Gasteiger partial charge in [0.25, 0.3) is 5.92 Å². The summed E-state index contributed by atoms with van der Waals surface area (Å²) in [6.07, 6.45) is 2.35. The van der Waals surface area contributed by atoms with Crippen LogP contribution in [0.5, 0.6) is 5.75 Å². The lowest BCUT2D eigenvalue weighted by atomic mass is 10.0. The lowest BCUT2D eigenvalue weighted by Gasteiger charge is -2.32. The SMILES string of the molecule is CC1(C)OCc2cc([C@@H]3CN(CCCCCCOCC(F)(F)Cc4ccccc4)C(=O)O3)ccc2O1. The maximum atomic E-state index is 14.0. The Morgan fingerprint density at radius 3 is 2.67 bits per heavy atom. The van der Waals surface area contributed by atoms with E-state index >= 15 is 0 Å². The fourth-order valence-electron chi connectivity index (χ4n) is 4.45. The zero-order valence-electron chi connectivity index (χ0n) is 21.0. The monoisotopic (exact) mass is 503 g/mol. The number of cyclic esters (lactones) is 1. The van der Waals surface area contributed by atoms with Crippen molar-refractivity contribution in [2.75, 3.05) is 26.3 Å². The standard InChI is InChI=1S/C28H35F2NO5/c1-27(2)34-19-23-16-22(12-13-24(23)36-27)25-18-31(26(32)35-25)14-8-3-4-9-15-33-20-28(29,30)17-21-10-6-5-7-11-21/h5-7,10-13,16,25H,3-4,8-9,14-15,17-20H2,1-2H3/t25-/m0/s1. The molecule has 0 aliphatic carbocycles. The molecular formula is C28H35F2NO5. The summed E-state index contributed by atoms with van der Waals surface area (Å²) in [5, 5.41) is 0. The average Bonchev–Trinajstić information content (AvgIpc) is 3.20. The van der Waals surface area contributed by atoms with Crippen molar-refractivity contribution in [3.05, 3.63) is 65.2 Å². The highest BCUT2D eigenvalue weighted by atomic mass is 19.3. The second kappa shape index (κ2) is 11.6. The largest absolute Gasteiger partial charge is 0.463 e. The van der Waals surface area contributed by atoms with Gasteiger partial charge in [-0.3, -0.25) is 0 Å². The minimum atomic E-state index is -2.87. The van der Waals surface area contributed by atoms with Crippen LogP contribution < -0.4 is 4.74 Å². The molecule has 6 nitrogen and oxygen atoms in total. The highest BCUT2D eigenvalue weighted by Crippen LogP contribution is 2.35. The second-order valence-corrected chi connectivity index (χ2v) is 9.96. The number of alkyl halides is 2. The number of nitrogens with zero attached hydrogens (tertiary/aromatic N) is 1. The summed E-state index contributed by atoms with van der Waals surface area (Å²) in [6, 6.07) is 14.5. The van der Waals surface area contributed by atoms with Gasteiger partial charge in [-0.15, -0.1) is 0 Å². The van der Waals surface area contributed by atoms with Gasteiger partial charge in [0, 0.05) is 39.0 Å². The first-order chi connectivity index (χ1) is 17.2. The van der Waals surface area contributed by atoms with E-state index in [1.165, 1.54) is 0 Å². The highest BCUT2D eigenvalue weighted by Gasteiger charge is 2.34. The predicted octanol–water partition coefficient (Wildman–Crippen LogP) is 6.28. The van der Waals surface area contributed by atoms with Gasteiger partial charge in [-0.2, -0.15) is 0 Å². The molecule has 0 unspecified atom stereocenters. The Morgan fingerprint density at radius 1 is 1.08 bits per heavy atom. The fraction of sp³-hybridized carbons (Fsp3) is 0.536. The molecule has 0 aromatic heterocycles. The number of amides is 1. The Labute approximate surface area is 211 Å². The number of ether oxygens (including phenoxy) is 4. The topological polar surface area (TPSA) is 57.2 Å². The van der Waals surface area contributed by atoms with E-state index in [1.54, 1.807) is 29.2 Å². The van der Waals surface area contributed by atoms with Crippen LogP contribution in [0.25, 0.3) is 0 Å². The third-order valence-corrected chi connectivity index (χ3v) is 6.36. The van der Waals surface area contributed by atoms with Gasteiger partial charge in [-0.25, -0.2) is 13.6 Å². The Hall–Kier alpha value is -2.71. The van der Waals surface area contributed by atoms with Crippen molar-refractivity contribution in [1.82, 2.24) is 4.90 Å². The second-order valence-electron chi connectivity index (χ2n) is 9.96. The Balaban J connectivity index is 1.10. The van der Waals surface area contributed by atoms with Crippen LogP contribution in [0.2, 0.25) is 0 Å². The Kier molecular flexibility index (Phi) is 8.46. The molecule has 1 atom stereocenters. The lowest BCUT2D eigenvalue weighted by Crippen LogP contribution is -2.35. The molecule has 4 rings (SSSR count). The smallest absolute Gasteiger partial charge is 0.410 e. The summed E-state index contributed by atoms with van der Waals surface area (Å²) in [7, 11) is 0. The maximum absolute atomic E-state index is 14.0. The summed E-state index contributed by atoms with van der Waals surface area (Å²) in [5.74, 6) is -2.73. The zero-order valence-corrected chi connectivity index (χ0v) is 21.0. The van der Waals surface area contributed by atoms with Crippen molar-refractivity contribution in [3.63, 3.8) is 0 Å². The number of carbonyl (C=O) groups is 1. The van der Waals surface area contributed by atoms with Crippen LogP contribution in [0.15, 0.2) is 48.5 Å². The summed E-state index contributed by atoms with van der Waals surface area (Å²) < 4.78 is 50.4. The Bertz CT molecular complexity index is 1010. The van der Waals surface area contributed by atoms with Crippen molar-refractivity contribution >= 4 is 6.09 Å². The van der Waals surface area contributed by atoms with Gasteiger partial charge in [-0.05, 0) is 36.1 Å². The van der Waals surface area contributed by atoms with Crippen molar-refractivity contribution in [1.29, 1.82) is 0 Å². The number of unbranched alkanes of at least 4 members (excludes halogenated alkanes) is 3. The minimum Gasteiger partial charge on any atom is -0.463 e. The fourth-order valence-corrected chi connectivity index (χ4v) is 4.45. The van der Waals surface area contributed by atoms with Crippen LogP contribution in [-0.4, -0.2) is 49.0 Å². The molecule has 2 heterocycles. The van der Waals surface area contributed by atoms with E-state index in [9.17, 15) is 13.6 Å². The van der Waals surface area contributed by atoms with Crippen molar-refractivity contribution in [2.45, 2.75) is 70.4 Å². The van der Waals surface area contributed by atoms with Crippen LogP contribution in [0, 0.1) is 0 Å². The molecule has 0 N–H and O–H groups in total. The first kappa shape index (κ1) is 26.4. The van der Waals surface area contributed by atoms with Gasteiger partial charge in [0.1, 0.15) is 18.5 Å². The predicted molar refractivity (Wildman–Crippen MR) is 131 cm³/mol.